The van der Waals surface area contributed by atoms with E-state index in [1.165, 1.54) is 16.8 Å². The van der Waals surface area contributed by atoms with Gasteiger partial charge in [-0.3, -0.25) is 4.68 Å². The number of nitrogens with zero attached hydrogens (tertiary/aromatic N) is 2. The predicted molar refractivity (Wildman–Crippen MR) is 67.9 cm³/mol. The molecule has 1 aromatic heterocycles. The van der Waals surface area contributed by atoms with E-state index in [9.17, 15) is 0 Å². The monoisotopic (exact) mass is 227 g/mol. The van der Waals surface area contributed by atoms with Crippen molar-refractivity contribution in [1.82, 2.24) is 15.1 Å². The average molecular weight is 227 g/mol. The molecule has 1 unspecified atom stereocenters. The van der Waals surface area contributed by atoms with Crippen molar-refractivity contribution >= 4 is 0 Å². The Kier molecular flexibility index (Phi) is 2.69. The zero-order valence-corrected chi connectivity index (χ0v) is 10.1. The summed E-state index contributed by atoms with van der Waals surface area (Å²) in [6.07, 6.45) is 3.03. The van der Waals surface area contributed by atoms with Crippen LogP contribution in [0, 0.1) is 6.92 Å². The van der Waals surface area contributed by atoms with Gasteiger partial charge in [0.25, 0.3) is 0 Å². The maximum absolute atomic E-state index is 4.40. The van der Waals surface area contributed by atoms with Gasteiger partial charge in [-0.05, 0) is 37.1 Å². The van der Waals surface area contributed by atoms with Crippen LogP contribution in [-0.4, -0.2) is 16.3 Å². The van der Waals surface area contributed by atoms with Gasteiger partial charge in [-0.2, -0.15) is 5.10 Å². The topological polar surface area (TPSA) is 29.9 Å². The van der Waals surface area contributed by atoms with Gasteiger partial charge < -0.3 is 5.32 Å². The standard InChI is InChI=1S/C14H17N3/c1-11-5-2-3-6-12(11)14-13-7-9-16-17(13)10-4-8-15-14/h2-3,5-7,9,14-15H,4,8,10H2,1H3. The fourth-order valence-electron chi connectivity index (χ4n) is 2.53. The van der Waals surface area contributed by atoms with Gasteiger partial charge in [0.1, 0.15) is 0 Å². The summed E-state index contributed by atoms with van der Waals surface area (Å²) < 4.78 is 2.12. The number of hydrogen-bond donors (Lipinski definition) is 1. The molecule has 2 heterocycles. The summed E-state index contributed by atoms with van der Waals surface area (Å²) in [7, 11) is 0. The number of rotatable bonds is 1. The fourth-order valence-corrected chi connectivity index (χ4v) is 2.53. The van der Waals surface area contributed by atoms with E-state index >= 15 is 0 Å². The van der Waals surface area contributed by atoms with E-state index in [1.54, 1.807) is 0 Å². The second kappa shape index (κ2) is 4.34. The molecule has 0 saturated carbocycles. The van der Waals surface area contributed by atoms with Gasteiger partial charge in [-0.15, -0.1) is 0 Å². The number of fused-ring (bicyclic) bond motifs is 1. The van der Waals surface area contributed by atoms with Gasteiger partial charge in [0, 0.05) is 12.7 Å². The summed E-state index contributed by atoms with van der Waals surface area (Å²) >= 11 is 0. The second-order valence-corrected chi connectivity index (χ2v) is 4.58. The number of aromatic nitrogens is 2. The first-order valence-corrected chi connectivity index (χ1v) is 6.17. The van der Waals surface area contributed by atoms with E-state index in [4.69, 9.17) is 0 Å². The summed E-state index contributed by atoms with van der Waals surface area (Å²) in [5.41, 5.74) is 3.97. The van der Waals surface area contributed by atoms with E-state index in [1.807, 2.05) is 6.20 Å². The van der Waals surface area contributed by atoms with E-state index < -0.39 is 0 Å². The van der Waals surface area contributed by atoms with Crippen molar-refractivity contribution in [1.29, 1.82) is 0 Å². The smallest absolute Gasteiger partial charge is 0.0750 e. The van der Waals surface area contributed by atoms with Crippen molar-refractivity contribution in [3.05, 3.63) is 53.3 Å². The molecule has 1 N–H and O–H groups in total. The van der Waals surface area contributed by atoms with Crippen molar-refractivity contribution in [2.75, 3.05) is 6.54 Å². The summed E-state index contributed by atoms with van der Waals surface area (Å²) in [6, 6.07) is 11.0. The maximum atomic E-state index is 4.40. The van der Waals surface area contributed by atoms with Crippen LogP contribution >= 0.6 is 0 Å². The lowest BCUT2D eigenvalue weighted by atomic mass is 9.99. The molecule has 3 heteroatoms. The Morgan fingerprint density at radius 3 is 3.06 bits per heavy atom. The van der Waals surface area contributed by atoms with E-state index in [0.29, 0.717) is 0 Å². The molecule has 0 aliphatic carbocycles. The zero-order chi connectivity index (χ0) is 11.7. The zero-order valence-electron chi connectivity index (χ0n) is 10.1. The fraction of sp³-hybridized carbons (Fsp3) is 0.357. The summed E-state index contributed by atoms with van der Waals surface area (Å²) in [5, 5.41) is 8.02. The highest BCUT2D eigenvalue weighted by Crippen LogP contribution is 2.26. The minimum atomic E-state index is 0.279. The molecule has 0 spiro atoms. The third-order valence-corrected chi connectivity index (χ3v) is 3.44. The van der Waals surface area contributed by atoms with Crippen molar-refractivity contribution in [2.45, 2.75) is 25.9 Å². The van der Waals surface area contributed by atoms with Crippen molar-refractivity contribution in [3.63, 3.8) is 0 Å². The molecule has 3 nitrogen and oxygen atoms in total. The first kappa shape index (κ1) is 10.5. The molecule has 1 atom stereocenters. The molecule has 0 bridgehead atoms. The maximum Gasteiger partial charge on any atom is 0.0750 e. The van der Waals surface area contributed by atoms with Crippen molar-refractivity contribution in [3.8, 4) is 0 Å². The van der Waals surface area contributed by atoms with Crippen LogP contribution < -0.4 is 5.32 Å². The Labute approximate surface area is 101 Å². The van der Waals surface area contributed by atoms with Gasteiger partial charge in [-0.25, -0.2) is 0 Å². The van der Waals surface area contributed by atoms with Gasteiger partial charge >= 0.3 is 0 Å². The summed E-state index contributed by atoms with van der Waals surface area (Å²) in [6.45, 7) is 4.22. The van der Waals surface area contributed by atoms with Crippen LogP contribution in [0.15, 0.2) is 36.5 Å². The Bertz CT molecular complexity index is 516. The highest BCUT2D eigenvalue weighted by molar-refractivity contribution is 5.34. The third-order valence-electron chi connectivity index (χ3n) is 3.44. The highest BCUT2D eigenvalue weighted by Gasteiger charge is 2.21. The van der Waals surface area contributed by atoms with E-state index in [-0.39, 0.29) is 6.04 Å². The minimum absolute atomic E-state index is 0.279. The average Bonchev–Trinajstić information content (AvgIpc) is 2.71. The van der Waals surface area contributed by atoms with Crippen LogP contribution in [0.1, 0.15) is 29.3 Å². The van der Waals surface area contributed by atoms with E-state index in [0.717, 1.165) is 19.5 Å². The van der Waals surface area contributed by atoms with Crippen LogP contribution in [0.2, 0.25) is 0 Å². The first-order chi connectivity index (χ1) is 8.36. The Balaban J connectivity index is 2.07. The lowest BCUT2D eigenvalue weighted by molar-refractivity contribution is 0.587. The first-order valence-electron chi connectivity index (χ1n) is 6.17. The van der Waals surface area contributed by atoms with Crippen LogP contribution in [-0.2, 0) is 6.54 Å². The molecule has 1 aromatic carbocycles. The molecular formula is C14H17N3. The molecule has 2 aromatic rings. The molecule has 1 aliphatic heterocycles. The quantitative estimate of drug-likeness (QED) is 0.810. The van der Waals surface area contributed by atoms with Crippen LogP contribution in [0.4, 0.5) is 0 Å². The molecule has 88 valence electrons. The Morgan fingerprint density at radius 1 is 1.29 bits per heavy atom. The molecular weight excluding hydrogens is 210 g/mol. The lowest BCUT2D eigenvalue weighted by Gasteiger charge is -2.19. The summed E-state index contributed by atoms with van der Waals surface area (Å²) in [5.74, 6) is 0. The predicted octanol–water partition coefficient (Wildman–Crippen LogP) is 2.27. The molecule has 0 saturated heterocycles. The SMILES string of the molecule is Cc1ccccc1C1NCCCn2nccc21. The van der Waals surface area contributed by atoms with Gasteiger partial charge in [0.15, 0.2) is 0 Å². The molecule has 17 heavy (non-hydrogen) atoms. The molecule has 0 radical (unpaired) electrons. The van der Waals surface area contributed by atoms with Crippen LogP contribution in [0.25, 0.3) is 0 Å². The number of aryl methyl sites for hydroxylation is 2. The van der Waals surface area contributed by atoms with Crippen LogP contribution in [0.5, 0.6) is 0 Å². The van der Waals surface area contributed by atoms with Crippen molar-refractivity contribution in [2.24, 2.45) is 0 Å². The Morgan fingerprint density at radius 2 is 2.18 bits per heavy atom. The van der Waals surface area contributed by atoms with E-state index in [2.05, 4.69) is 52.4 Å². The molecule has 0 fully saturated rings. The summed E-state index contributed by atoms with van der Waals surface area (Å²) in [4.78, 5) is 0. The minimum Gasteiger partial charge on any atom is -0.305 e. The second-order valence-electron chi connectivity index (χ2n) is 4.58. The van der Waals surface area contributed by atoms with Crippen LogP contribution in [0.3, 0.4) is 0 Å². The van der Waals surface area contributed by atoms with Crippen molar-refractivity contribution < 1.29 is 0 Å². The van der Waals surface area contributed by atoms with Gasteiger partial charge in [0.2, 0.25) is 0 Å². The largest absolute Gasteiger partial charge is 0.305 e. The molecule has 3 rings (SSSR count). The molecule has 0 amide bonds. The van der Waals surface area contributed by atoms with Gasteiger partial charge in [0.05, 0.1) is 11.7 Å². The lowest BCUT2D eigenvalue weighted by Crippen LogP contribution is -2.23. The Hall–Kier alpha value is -1.61. The normalized spacial score (nSPS) is 19.7. The molecule has 1 aliphatic rings. The third kappa shape index (κ3) is 1.87. The number of benzene rings is 1. The van der Waals surface area contributed by atoms with Gasteiger partial charge in [-0.1, -0.05) is 24.3 Å². The highest BCUT2D eigenvalue weighted by atomic mass is 15.3. The number of hydrogen-bond acceptors (Lipinski definition) is 2. The number of nitrogens with one attached hydrogen (secondary N) is 1.